The molecule has 0 aliphatic rings. The Bertz CT molecular complexity index is 731. The Kier molecular flexibility index (Phi) is 3.00. The minimum Gasteiger partial charge on any atom is -0.359 e. The fraction of sp³-hybridized carbons (Fsp3) is 0.273. The summed E-state index contributed by atoms with van der Waals surface area (Å²) in [5.41, 5.74) is 0.152. The van der Waals surface area contributed by atoms with Gasteiger partial charge in [0.05, 0.1) is 6.04 Å². The SMILES string of the molecule is CCC(Nc1ccc2n[nH]c(=O)n2n1)c1nccs1. The number of aromatic nitrogens is 5. The second-order valence-corrected chi connectivity index (χ2v) is 4.92. The van der Waals surface area contributed by atoms with Gasteiger partial charge in [-0.15, -0.1) is 16.4 Å². The molecule has 0 aromatic carbocycles. The number of nitrogens with zero attached hydrogens (tertiary/aromatic N) is 4. The molecule has 3 rings (SSSR count). The zero-order chi connectivity index (χ0) is 13.2. The fourth-order valence-corrected chi connectivity index (χ4v) is 2.58. The van der Waals surface area contributed by atoms with E-state index in [-0.39, 0.29) is 11.7 Å². The van der Waals surface area contributed by atoms with Crippen molar-refractivity contribution in [2.75, 3.05) is 5.32 Å². The first kappa shape index (κ1) is 11.8. The summed E-state index contributed by atoms with van der Waals surface area (Å²) in [4.78, 5) is 15.8. The van der Waals surface area contributed by atoms with Crippen molar-refractivity contribution in [3.05, 3.63) is 39.2 Å². The Morgan fingerprint density at radius 3 is 3.16 bits per heavy atom. The molecule has 0 saturated heterocycles. The summed E-state index contributed by atoms with van der Waals surface area (Å²) in [6.45, 7) is 2.07. The summed E-state index contributed by atoms with van der Waals surface area (Å²) in [5, 5.41) is 16.6. The molecule has 1 atom stereocenters. The van der Waals surface area contributed by atoms with Crippen LogP contribution in [0, 0.1) is 0 Å². The van der Waals surface area contributed by atoms with Gasteiger partial charge >= 0.3 is 5.69 Å². The van der Waals surface area contributed by atoms with Gasteiger partial charge in [0.1, 0.15) is 10.8 Å². The quantitative estimate of drug-likeness (QED) is 0.752. The monoisotopic (exact) mass is 276 g/mol. The Hall–Kier alpha value is -2.22. The number of thiazole rings is 1. The van der Waals surface area contributed by atoms with E-state index in [1.807, 2.05) is 5.38 Å². The Morgan fingerprint density at radius 2 is 2.42 bits per heavy atom. The van der Waals surface area contributed by atoms with Crippen molar-refractivity contribution < 1.29 is 0 Å². The maximum Gasteiger partial charge on any atom is 0.364 e. The van der Waals surface area contributed by atoms with Gasteiger partial charge in [0.2, 0.25) is 0 Å². The number of hydrogen-bond acceptors (Lipinski definition) is 6. The van der Waals surface area contributed by atoms with Crippen LogP contribution >= 0.6 is 11.3 Å². The first-order valence-corrected chi connectivity index (χ1v) is 6.76. The normalized spacial score (nSPS) is 12.7. The topological polar surface area (TPSA) is 88.0 Å². The van der Waals surface area contributed by atoms with Crippen LogP contribution in [0.15, 0.2) is 28.5 Å². The average Bonchev–Trinajstić information content (AvgIpc) is 3.07. The molecule has 0 bridgehead atoms. The van der Waals surface area contributed by atoms with Crippen LogP contribution < -0.4 is 11.0 Å². The van der Waals surface area contributed by atoms with Gasteiger partial charge in [-0.2, -0.15) is 9.61 Å². The molecule has 0 fully saturated rings. The summed E-state index contributed by atoms with van der Waals surface area (Å²) < 4.78 is 1.23. The Balaban J connectivity index is 1.91. The fourth-order valence-electron chi connectivity index (χ4n) is 1.80. The standard InChI is InChI=1S/C11H12N6OS/c1-2-7(10-12-5-6-19-10)13-8-3-4-9-14-15-11(18)17(9)16-8/h3-7H,2H2,1H3,(H,13,16)(H,15,18). The molecule has 0 saturated carbocycles. The number of aromatic amines is 1. The van der Waals surface area contributed by atoms with E-state index in [2.05, 4.69) is 32.5 Å². The van der Waals surface area contributed by atoms with E-state index < -0.39 is 0 Å². The zero-order valence-electron chi connectivity index (χ0n) is 10.2. The second kappa shape index (κ2) is 4.81. The van der Waals surface area contributed by atoms with Gasteiger partial charge in [-0.3, -0.25) is 0 Å². The van der Waals surface area contributed by atoms with Crippen molar-refractivity contribution in [1.29, 1.82) is 0 Å². The molecule has 98 valence electrons. The first-order valence-electron chi connectivity index (χ1n) is 5.88. The third-order valence-electron chi connectivity index (χ3n) is 2.75. The van der Waals surface area contributed by atoms with E-state index in [1.165, 1.54) is 4.52 Å². The number of nitrogens with one attached hydrogen (secondary N) is 2. The third-order valence-corrected chi connectivity index (χ3v) is 3.64. The maximum absolute atomic E-state index is 11.5. The van der Waals surface area contributed by atoms with Crippen molar-refractivity contribution in [2.45, 2.75) is 19.4 Å². The van der Waals surface area contributed by atoms with Crippen molar-refractivity contribution in [2.24, 2.45) is 0 Å². The maximum atomic E-state index is 11.5. The lowest BCUT2D eigenvalue weighted by atomic mass is 10.2. The lowest BCUT2D eigenvalue weighted by Gasteiger charge is -2.14. The van der Waals surface area contributed by atoms with Gasteiger partial charge in [-0.1, -0.05) is 6.92 Å². The highest BCUT2D eigenvalue weighted by molar-refractivity contribution is 7.09. The average molecular weight is 276 g/mol. The molecule has 0 aliphatic heterocycles. The lowest BCUT2D eigenvalue weighted by Crippen LogP contribution is -2.16. The van der Waals surface area contributed by atoms with Gasteiger partial charge in [0, 0.05) is 11.6 Å². The molecule has 2 N–H and O–H groups in total. The first-order chi connectivity index (χ1) is 9.28. The highest BCUT2D eigenvalue weighted by atomic mass is 32.1. The molecule has 3 aromatic heterocycles. The molecule has 8 heteroatoms. The molecule has 19 heavy (non-hydrogen) atoms. The molecule has 0 radical (unpaired) electrons. The molecular weight excluding hydrogens is 264 g/mol. The number of rotatable bonds is 4. The van der Waals surface area contributed by atoms with Gasteiger partial charge < -0.3 is 5.32 Å². The zero-order valence-corrected chi connectivity index (χ0v) is 11.0. The second-order valence-electron chi connectivity index (χ2n) is 3.99. The summed E-state index contributed by atoms with van der Waals surface area (Å²) in [6.07, 6.45) is 2.66. The number of fused-ring (bicyclic) bond motifs is 1. The van der Waals surface area contributed by atoms with Gasteiger partial charge in [0.15, 0.2) is 5.65 Å². The summed E-state index contributed by atoms with van der Waals surface area (Å²) in [6, 6.07) is 3.63. The van der Waals surface area contributed by atoms with Crippen LogP contribution in [0.25, 0.3) is 5.65 Å². The number of H-pyrrole nitrogens is 1. The van der Waals surface area contributed by atoms with Crippen molar-refractivity contribution >= 4 is 22.8 Å². The lowest BCUT2D eigenvalue weighted by molar-refractivity contribution is 0.729. The molecule has 0 aliphatic carbocycles. The predicted molar refractivity (Wildman–Crippen MR) is 72.4 cm³/mol. The van der Waals surface area contributed by atoms with Crippen LogP contribution in [0.3, 0.4) is 0 Å². The summed E-state index contributed by atoms with van der Waals surface area (Å²) >= 11 is 1.59. The van der Waals surface area contributed by atoms with E-state index >= 15 is 0 Å². The van der Waals surface area contributed by atoms with Crippen LogP contribution in [0.1, 0.15) is 24.4 Å². The van der Waals surface area contributed by atoms with Crippen LogP contribution in [-0.4, -0.2) is 24.8 Å². The van der Waals surface area contributed by atoms with Crippen LogP contribution in [0.5, 0.6) is 0 Å². The van der Waals surface area contributed by atoms with E-state index in [0.717, 1.165) is 11.4 Å². The van der Waals surface area contributed by atoms with E-state index in [0.29, 0.717) is 11.5 Å². The van der Waals surface area contributed by atoms with E-state index in [4.69, 9.17) is 0 Å². The number of anilines is 1. The van der Waals surface area contributed by atoms with Crippen molar-refractivity contribution in [3.63, 3.8) is 0 Å². The number of hydrogen-bond donors (Lipinski definition) is 2. The van der Waals surface area contributed by atoms with Gasteiger partial charge in [-0.25, -0.2) is 14.9 Å². The largest absolute Gasteiger partial charge is 0.364 e. The molecule has 0 amide bonds. The molecule has 7 nitrogen and oxygen atoms in total. The predicted octanol–water partition coefficient (Wildman–Crippen LogP) is 1.44. The van der Waals surface area contributed by atoms with Crippen LogP contribution in [0.2, 0.25) is 0 Å². The molecule has 3 aromatic rings. The molecule has 1 unspecified atom stereocenters. The minimum absolute atomic E-state index is 0.0903. The highest BCUT2D eigenvalue weighted by Crippen LogP contribution is 2.22. The smallest absolute Gasteiger partial charge is 0.359 e. The van der Waals surface area contributed by atoms with Crippen LogP contribution in [-0.2, 0) is 0 Å². The van der Waals surface area contributed by atoms with Crippen molar-refractivity contribution in [3.8, 4) is 0 Å². The highest BCUT2D eigenvalue weighted by Gasteiger charge is 2.13. The van der Waals surface area contributed by atoms with E-state index in [9.17, 15) is 4.79 Å². The summed E-state index contributed by atoms with van der Waals surface area (Å²) in [7, 11) is 0. The van der Waals surface area contributed by atoms with Gasteiger partial charge in [-0.05, 0) is 18.6 Å². The third kappa shape index (κ3) is 2.22. The summed E-state index contributed by atoms with van der Waals surface area (Å²) in [5.74, 6) is 0.623. The Labute approximate surface area is 112 Å². The molecule has 3 heterocycles. The van der Waals surface area contributed by atoms with E-state index in [1.54, 1.807) is 29.7 Å². The van der Waals surface area contributed by atoms with Gasteiger partial charge in [0.25, 0.3) is 0 Å². The minimum atomic E-state index is -0.346. The van der Waals surface area contributed by atoms with Crippen LogP contribution in [0.4, 0.5) is 5.82 Å². The molecular formula is C11H12N6OS. The molecule has 0 spiro atoms. The Morgan fingerprint density at radius 1 is 1.53 bits per heavy atom. The van der Waals surface area contributed by atoms with Crippen molar-refractivity contribution in [1.82, 2.24) is 24.8 Å².